The molecule has 0 aliphatic heterocycles. The minimum Gasteiger partial charge on any atom is -0.436 e. The van der Waals surface area contributed by atoms with Crippen LogP contribution in [0.2, 0.25) is 0 Å². The molecule has 0 bridgehead atoms. The zero-order valence-electron chi connectivity index (χ0n) is 8.86. The number of hydrogen-bond acceptors (Lipinski definition) is 3. The van der Waals surface area contributed by atoms with Gasteiger partial charge in [0.1, 0.15) is 11.6 Å². The monoisotopic (exact) mass is 236 g/mol. The second-order valence-corrected chi connectivity index (χ2v) is 3.35. The van der Waals surface area contributed by atoms with Gasteiger partial charge in [-0.2, -0.15) is 0 Å². The molecule has 2 aromatic rings. The third kappa shape index (κ3) is 2.57. The molecule has 0 amide bonds. The highest BCUT2D eigenvalue weighted by atomic mass is 19.1. The standard InChI is InChI=1S/C12H10F2N2O/c13-10-2-1-5-16-12(10)17-9-4-3-8(7-15)11(14)6-9/h1-6H,7,15H2. The number of nitrogens with two attached hydrogens (primary N) is 1. The lowest BCUT2D eigenvalue weighted by Crippen LogP contribution is -2.00. The highest BCUT2D eigenvalue weighted by Gasteiger charge is 2.07. The van der Waals surface area contributed by atoms with Crippen LogP contribution in [0.1, 0.15) is 5.56 Å². The number of halogens is 2. The van der Waals surface area contributed by atoms with Crippen molar-refractivity contribution in [1.82, 2.24) is 4.98 Å². The number of pyridine rings is 1. The van der Waals surface area contributed by atoms with Crippen LogP contribution in [0, 0.1) is 11.6 Å². The molecule has 1 aromatic carbocycles. The average Bonchev–Trinajstić information content (AvgIpc) is 2.32. The van der Waals surface area contributed by atoms with Crippen LogP contribution in [-0.4, -0.2) is 4.98 Å². The highest BCUT2D eigenvalue weighted by molar-refractivity contribution is 5.32. The Morgan fingerprint density at radius 1 is 1.18 bits per heavy atom. The maximum Gasteiger partial charge on any atom is 0.255 e. The van der Waals surface area contributed by atoms with Gasteiger partial charge in [0, 0.05) is 24.4 Å². The molecule has 0 saturated heterocycles. The first kappa shape index (κ1) is 11.5. The third-order valence-corrected chi connectivity index (χ3v) is 2.18. The quantitative estimate of drug-likeness (QED) is 0.891. The first-order valence-corrected chi connectivity index (χ1v) is 4.97. The van der Waals surface area contributed by atoms with Crippen molar-refractivity contribution in [3.63, 3.8) is 0 Å². The lowest BCUT2D eigenvalue weighted by molar-refractivity contribution is 0.419. The van der Waals surface area contributed by atoms with Gasteiger partial charge in [-0.05, 0) is 18.2 Å². The zero-order valence-corrected chi connectivity index (χ0v) is 8.86. The molecule has 5 heteroatoms. The fourth-order valence-corrected chi connectivity index (χ4v) is 1.32. The highest BCUT2D eigenvalue weighted by Crippen LogP contribution is 2.23. The molecule has 0 spiro atoms. The van der Waals surface area contributed by atoms with E-state index in [1.165, 1.54) is 30.5 Å². The minimum atomic E-state index is -0.601. The SMILES string of the molecule is NCc1ccc(Oc2ncccc2F)cc1F. The van der Waals surface area contributed by atoms with Crippen LogP contribution in [0.25, 0.3) is 0 Å². The summed E-state index contributed by atoms with van der Waals surface area (Å²) in [4.78, 5) is 3.70. The van der Waals surface area contributed by atoms with Gasteiger partial charge in [-0.25, -0.2) is 13.8 Å². The van der Waals surface area contributed by atoms with E-state index >= 15 is 0 Å². The first-order chi connectivity index (χ1) is 8.20. The summed E-state index contributed by atoms with van der Waals surface area (Å²) in [6.45, 7) is 0.101. The van der Waals surface area contributed by atoms with Crippen LogP contribution in [0.15, 0.2) is 36.5 Å². The van der Waals surface area contributed by atoms with Gasteiger partial charge in [-0.1, -0.05) is 6.07 Å². The molecule has 1 heterocycles. The average molecular weight is 236 g/mol. The Morgan fingerprint density at radius 2 is 2.00 bits per heavy atom. The summed E-state index contributed by atoms with van der Waals surface area (Å²) in [5.41, 5.74) is 5.70. The molecule has 0 aliphatic carbocycles. The van der Waals surface area contributed by atoms with Gasteiger partial charge in [-0.15, -0.1) is 0 Å². The van der Waals surface area contributed by atoms with E-state index in [4.69, 9.17) is 10.5 Å². The molecule has 17 heavy (non-hydrogen) atoms. The van der Waals surface area contributed by atoms with Crippen molar-refractivity contribution in [2.45, 2.75) is 6.54 Å². The van der Waals surface area contributed by atoms with E-state index in [0.717, 1.165) is 6.07 Å². The largest absolute Gasteiger partial charge is 0.436 e. The van der Waals surface area contributed by atoms with Gasteiger partial charge < -0.3 is 10.5 Å². The molecule has 0 saturated carbocycles. The lowest BCUT2D eigenvalue weighted by Gasteiger charge is -2.06. The fourth-order valence-electron chi connectivity index (χ4n) is 1.32. The lowest BCUT2D eigenvalue weighted by atomic mass is 10.2. The molecular formula is C12H10F2N2O. The number of hydrogen-bond donors (Lipinski definition) is 1. The predicted molar refractivity (Wildman–Crippen MR) is 58.6 cm³/mol. The Kier molecular flexibility index (Phi) is 3.30. The van der Waals surface area contributed by atoms with Gasteiger partial charge in [-0.3, -0.25) is 0 Å². The summed E-state index contributed by atoms with van der Waals surface area (Å²) >= 11 is 0. The van der Waals surface area contributed by atoms with Crippen LogP contribution < -0.4 is 10.5 Å². The topological polar surface area (TPSA) is 48.1 Å². The van der Waals surface area contributed by atoms with Gasteiger partial charge in [0.2, 0.25) is 0 Å². The summed E-state index contributed by atoms with van der Waals surface area (Å²) in [6, 6.07) is 6.81. The summed E-state index contributed by atoms with van der Waals surface area (Å²) < 4.78 is 31.7. The number of benzene rings is 1. The number of rotatable bonds is 3. The Labute approximate surface area is 96.9 Å². The molecule has 88 valence electrons. The summed E-state index contributed by atoms with van der Waals surface area (Å²) in [5.74, 6) is -1.10. The van der Waals surface area contributed by atoms with Crippen molar-refractivity contribution in [3.05, 3.63) is 53.7 Å². The van der Waals surface area contributed by atoms with Crippen LogP contribution in [0.3, 0.4) is 0 Å². The maximum absolute atomic E-state index is 13.4. The fraction of sp³-hybridized carbons (Fsp3) is 0.0833. The zero-order chi connectivity index (χ0) is 12.3. The normalized spacial score (nSPS) is 10.3. The van der Waals surface area contributed by atoms with Crippen molar-refractivity contribution in [2.75, 3.05) is 0 Å². The smallest absolute Gasteiger partial charge is 0.255 e. The Bertz CT molecular complexity index is 532. The second-order valence-electron chi connectivity index (χ2n) is 3.35. The van der Waals surface area contributed by atoms with E-state index in [-0.39, 0.29) is 18.2 Å². The summed E-state index contributed by atoms with van der Waals surface area (Å²) in [5, 5.41) is 0. The molecule has 3 nitrogen and oxygen atoms in total. The molecule has 0 unspecified atom stereocenters. The van der Waals surface area contributed by atoms with Crippen LogP contribution in [-0.2, 0) is 6.54 Å². The number of nitrogens with zero attached hydrogens (tertiary/aromatic N) is 1. The summed E-state index contributed by atoms with van der Waals surface area (Å²) in [7, 11) is 0. The van der Waals surface area contributed by atoms with E-state index < -0.39 is 11.6 Å². The van der Waals surface area contributed by atoms with Gasteiger partial charge in [0.05, 0.1) is 0 Å². The predicted octanol–water partition coefficient (Wildman–Crippen LogP) is 2.61. The minimum absolute atomic E-state index is 0.101. The van der Waals surface area contributed by atoms with Crippen molar-refractivity contribution >= 4 is 0 Å². The summed E-state index contributed by atoms with van der Waals surface area (Å²) in [6.07, 6.45) is 1.39. The van der Waals surface area contributed by atoms with E-state index in [9.17, 15) is 8.78 Å². The van der Waals surface area contributed by atoms with Gasteiger partial charge >= 0.3 is 0 Å². The van der Waals surface area contributed by atoms with Gasteiger partial charge in [0.25, 0.3) is 5.88 Å². The molecule has 0 aliphatic rings. The van der Waals surface area contributed by atoms with E-state index in [1.54, 1.807) is 0 Å². The number of ether oxygens (including phenoxy) is 1. The molecule has 2 N–H and O–H groups in total. The Hall–Kier alpha value is -2.01. The van der Waals surface area contributed by atoms with E-state index in [0.29, 0.717) is 5.56 Å². The second kappa shape index (κ2) is 4.88. The van der Waals surface area contributed by atoms with Crippen molar-refractivity contribution in [2.24, 2.45) is 5.73 Å². The van der Waals surface area contributed by atoms with Crippen LogP contribution in [0.4, 0.5) is 8.78 Å². The first-order valence-electron chi connectivity index (χ1n) is 4.97. The molecule has 0 atom stereocenters. The van der Waals surface area contributed by atoms with Crippen LogP contribution in [0.5, 0.6) is 11.6 Å². The maximum atomic E-state index is 13.4. The molecule has 1 aromatic heterocycles. The van der Waals surface area contributed by atoms with Crippen molar-refractivity contribution < 1.29 is 13.5 Å². The number of aromatic nitrogens is 1. The molecular weight excluding hydrogens is 226 g/mol. The Balaban J connectivity index is 2.25. The third-order valence-electron chi connectivity index (χ3n) is 2.18. The van der Waals surface area contributed by atoms with Crippen molar-refractivity contribution in [3.8, 4) is 11.6 Å². The molecule has 2 rings (SSSR count). The van der Waals surface area contributed by atoms with Crippen molar-refractivity contribution in [1.29, 1.82) is 0 Å². The molecule has 0 fully saturated rings. The van der Waals surface area contributed by atoms with E-state index in [2.05, 4.69) is 4.98 Å². The molecule has 0 radical (unpaired) electrons. The Morgan fingerprint density at radius 3 is 2.65 bits per heavy atom. The van der Waals surface area contributed by atoms with E-state index in [1.807, 2.05) is 0 Å². The van der Waals surface area contributed by atoms with Crippen LogP contribution >= 0.6 is 0 Å². The van der Waals surface area contributed by atoms with Gasteiger partial charge in [0.15, 0.2) is 5.82 Å².